The number of hydrogen-bond donors (Lipinski definition) is 0. The SMILES string of the molecule is C[n+]1nc(C[S])cs1. The van der Waals surface area contributed by atoms with Crippen LogP contribution in [0.3, 0.4) is 0 Å². The zero-order valence-electron chi connectivity index (χ0n) is 4.50. The molecule has 43 valence electrons. The van der Waals surface area contributed by atoms with Gasteiger partial charge in [-0.3, -0.25) is 0 Å². The largest absolute Gasteiger partial charge is 0.180 e. The number of aryl methyl sites for hydroxylation is 1. The molecule has 0 aliphatic heterocycles. The van der Waals surface area contributed by atoms with Crippen molar-refractivity contribution in [3.63, 3.8) is 0 Å². The van der Waals surface area contributed by atoms with E-state index < -0.39 is 0 Å². The fraction of sp³-hybridized carbons (Fsp3) is 0.500. The second-order valence-electron chi connectivity index (χ2n) is 1.42. The fourth-order valence-electron chi connectivity index (χ4n) is 0.428. The normalized spacial score (nSPS) is 9.75. The van der Waals surface area contributed by atoms with Crippen LogP contribution in [-0.2, 0) is 12.8 Å². The third-order valence-corrected chi connectivity index (χ3v) is 1.82. The molecule has 1 aromatic heterocycles. The summed E-state index contributed by atoms with van der Waals surface area (Å²) < 4.78 is 1.79. The lowest BCUT2D eigenvalue weighted by Gasteiger charge is -1.70. The Kier molecular flexibility index (Phi) is 1.85. The van der Waals surface area contributed by atoms with Crippen LogP contribution in [0.2, 0.25) is 0 Å². The Labute approximate surface area is 57.7 Å². The predicted molar refractivity (Wildman–Crippen MR) is 34.6 cm³/mol. The van der Waals surface area contributed by atoms with Gasteiger partial charge in [0.15, 0.2) is 18.6 Å². The summed E-state index contributed by atoms with van der Waals surface area (Å²) in [6.45, 7) is 0. The summed E-state index contributed by atoms with van der Waals surface area (Å²) in [5.74, 6) is 0.622. The van der Waals surface area contributed by atoms with E-state index in [0.29, 0.717) is 5.75 Å². The molecule has 0 fully saturated rings. The van der Waals surface area contributed by atoms with Crippen molar-refractivity contribution in [2.24, 2.45) is 7.05 Å². The Bertz CT molecular complexity index is 172. The van der Waals surface area contributed by atoms with Gasteiger partial charge in [-0.25, -0.2) is 0 Å². The van der Waals surface area contributed by atoms with Crippen LogP contribution in [0.4, 0.5) is 0 Å². The first-order chi connectivity index (χ1) is 3.83. The molecule has 1 heterocycles. The van der Waals surface area contributed by atoms with E-state index in [-0.39, 0.29) is 0 Å². The number of hydrogen-bond acceptors (Lipinski definition) is 2. The van der Waals surface area contributed by atoms with Gasteiger partial charge in [0.2, 0.25) is 0 Å². The molecule has 1 rings (SSSR count). The van der Waals surface area contributed by atoms with Crippen molar-refractivity contribution in [3.05, 3.63) is 11.1 Å². The van der Waals surface area contributed by atoms with Crippen LogP contribution in [0.5, 0.6) is 0 Å². The van der Waals surface area contributed by atoms with Crippen LogP contribution in [-0.4, -0.2) is 5.10 Å². The van der Waals surface area contributed by atoms with E-state index in [1.165, 1.54) is 0 Å². The van der Waals surface area contributed by atoms with E-state index in [9.17, 15) is 0 Å². The highest BCUT2D eigenvalue weighted by Crippen LogP contribution is 1.97. The highest BCUT2D eigenvalue weighted by Gasteiger charge is 2.00. The maximum absolute atomic E-state index is 4.76. The summed E-state index contributed by atoms with van der Waals surface area (Å²) >= 11 is 6.33. The number of aromatic nitrogens is 2. The highest BCUT2D eigenvalue weighted by atomic mass is 32.1. The lowest BCUT2D eigenvalue weighted by molar-refractivity contribution is -0.663. The minimum Gasteiger partial charge on any atom is -0.0870 e. The predicted octanol–water partition coefficient (Wildman–Crippen LogP) is 0.665. The molecule has 0 spiro atoms. The molecule has 0 saturated carbocycles. The third-order valence-electron chi connectivity index (χ3n) is 0.758. The molecule has 0 unspecified atom stereocenters. The van der Waals surface area contributed by atoms with E-state index in [2.05, 4.69) is 5.10 Å². The maximum atomic E-state index is 4.76. The molecule has 2 nitrogen and oxygen atoms in total. The van der Waals surface area contributed by atoms with E-state index in [0.717, 1.165) is 5.69 Å². The van der Waals surface area contributed by atoms with Crippen LogP contribution in [0, 0.1) is 0 Å². The Morgan fingerprint density at radius 1 is 2.00 bits per heavy atom. The Morgan fingerprint density at radius 3 is 3.00 bits per heavy atom. The Morgan fingerprint density at radius 2 is 2.75 bits per heavy atom. The summed E-state index contributed by atoms with van der Waals surface area (Å²) in [5, 5.41) is 6.03. The fourth-order valence-corrected chi connectivity index (χ4v) is 1.23. The minimum absolute atomic E-state index is 0.622. The second kappa shape index (κ2) is 2.46. The van der Waals surface area contributed by atoms with Crippen molar-refractivity contribution >= 4 is 24.2 Å². The van der Waals surface area contributed by atoms with Gasteiger partial charge in [0.25, 0.3) is 0 Å². The number of rotatable bonds is 1. The van der Waals surface area contributed by atoms with Gasteiger partial charge in [0, 0.05) is 5.10 Å². The van der Waals surface area contributed by atoms with E-state index in [4.69, 9.17) is 12.6 Å². The summed E-state index contributed by atoms with van der Waals surface area (Å²) in [6, 6.07) is 0. The first-order valence-electron chi connectivity index (χ1n) is 2.22. The standard InChI is InChI=1S/C4H6N2S2/c1-6-5-4(2-7)3-8-6/h3H,2H2,1H3/q+1. The molecule has 0 aliphatic rings. The third kappa shape index (κ3) is 1.20. The molecule has 0 amide bonds. The van der Waals surface area contributed by atoms with Gasteiger partial charge in [-0.05, 0) is 4.07 Å². The van der Waals surface area contributed by atoms with E-state index >= 15 is 0 Å². The van der Waals surface area contributed by atoms with Crippen LogP contribution in [0.25, 0.3) is 0 Å². The summed E-state index contributed by atoms with van der Waals surface area (Å²) in [7, 11) is 1.90. The van der Waals surface area contributed by atoms with Crippen molar-refractivity contribution in [1.82, 2.24) is 5.10 Å². The van der Waals surface area contributed by atoms with Crippen LogP contribution >= 0.6 is 24.2 Å². The topological polar surface area (TPSA) is 16.8 Å². The van der Waals surface area contributed by atoms with Gasteiger partial charge >= 0.3 is 0 Å². The second-order valence-corrected chi connectivity index (χ2v) is 2.69. The van der Waals surface area contributed by atoms with Crippen LogP contribution < -0.4 is 4.07 Å². The molecule has 0 bridgehead atoms. The molecule has 1 radical (unpaired) electrons. The molecule has 4 heteroatoms. The van der Waals surface area contributed by atoms with Gasteiger partial charge in [0.1, 0.15) is 5.69 Å². The minimum atomic E-state index is 0.622. The summed E-state index contributed by atoms with van der Waals surface area (Å²) in [5.41, 5.74) is 0.993. The van der Waals surface area contributed by atoms with Gasteiger partial charge in [-0.15, -0.1) is 0 Å². The van der Waals surface area contributed by atoms with Crippen LogP contribution in [0.1, 0.15) is 5.69 Å². The van der Waals surface area contributed by atoms with Gasteiger partial charge in [0.05, 0.1) is 11.1 Å². The smallest absolute Gasteiger partial charge is 0.0870 e. The quantitative estimate of drug-likeness (QED) is 0.532. The number of nitrogens with zero attached hydrogens (tertiary/aromatic N) is 2. The molecule has 0 N–H and O–H groups in total. The van der Waals surface area contributed by atoms with E-state index in [1.54, 1.807) is 15.6 Å². The van der Waals surface area contributed by atoms with Crippen molar-refractivity contribution in [2.45, 2.75) is 5.75 Å². The lowest BCUT2D eigenvalue weighted by Crippen LogP contribution is -2.25. The molecule has 8 heavy (non-hydrogen) atoms. The Balaban J connectivity index is 2.84. The zero-order valence-corrected chi connectivity index (χ0v) is 6.13. The lowest BCUT2D eigenvalue weighted by atomic mass is 10.6. The molecule has 1 aromatic rings. The Hall–Kier alpha value is -0.0900. The van der Waals surface area contributed by atoms with Crippen LogP contribution in [0.15, 0.2) is 5.38 Å². The average molecular weight is 146 g/mol. The highest BCUT2D eigenvalue weighted by molar-refractivity contribution is 7.79. The van der Waals surface area contributed by atoms with Crippen molar-refractivity contribution < 1.29 is 4.07 Å². The van der Waals surface area contributed by atoms with E-state index in [1.807, 2.05) is 12.4 Å². The van der Waals surface area contributed by atoms with Crippen molar-refractivity contribution in [3.8, 4) is 0 Å². The molecule has 0 atom stereocenters. The monoisotopic (exact) mass is 146 g/mol. The summed E-state index contributed by atoms with van der Waals surface area (Å²) in [4.78, 5) is 0. The molecular formula is C4H6N2S2+. The first-order valence-corrected chi connectivity index (χ1v) is 3.63. The maximum Gasteiger partial charge on any atom is 0.180 e. The molecule has 0 aliphatic carbocycles. The molecule has 0 aromatic carbocycles. The van der Waals surface area contributed by atoms with Crippen molar-refractivity contribution in [1.29, 1.82) is 0 Å². The van der Waals surface area contributed by atoms with Gasteiger partial charge in [-0.1, -0.05) is 12.6 Å². The van der Waals surface area contributed by atoms with Crippen molar-refractivity contribution in [2.75, 3.05) is 0 Å². The average Bonchev–Trinajstić information content (AvgIpc) is 2.14. The molecule has 0 saturated heterocycles. The van der Waals surface area contributed by atoms with Gasteiger partial charge in [-0.2, -0.15) is 0 Å². The summed E-state index contributed by atoms with van der Waals surface area (Å²) in [6.07, 6.45) is 0. The van der Waals surface area contributed by atoms with Gasteiger partial charge < -0.3 is 0 Å². The molecular weight excluding hydrogens is 140 g/mol. The zero-order chi connectivity index (χ0) is 5.98. The first kappa shape index (κ1) is 6.04.